The Morgan fingerprint density at radius 1 is 1.08 bits per heavy atom. The maximum absolute atomic E-state index is 10.2. The highest BCUT2D eigenvalue weighted by molar-refractivity contribution is 4.99. The van der Waals surface area contributed by atoms with Crippen LogP contribution in [0.2, 0.25) is 0 Å². The summed E-state index contributed by atoms with van der Waals surface area (Å²) in [5.41, 5.74) is 0. The van der Waals surface area contributed by atoms with Gasteiger partial charge in [-0.05, 0) is 69.1 Å². The van der Waals surface area contributed by atoms with E-state index in [0.29, 0.717) is 18.6 Å². The third-order valence-corrected chi connectivity index (χ3v) is 6.02. The third kappa shape index (κ3) is 6.16. The van der Waals surface area contributed by atoms with E-state index in [0.717, 1.165) is 63.4 Å². The molecule has 140 valence electrons. The predicted octanol–water partition coefficient (Wildman–Crippen LogP) is 4.47. The van der Waals surface area contributed by atoms with Crippen molar-refractivity contribution in [2.75, 3.05) is 13.2 Å². The quantitative estimate of drug-likeness (QED) is 0.385. The molecule has 1 heterocycles. The minimum absolute atomic E-state index is 0.120. The zero-order valence-corrected chi connectivity index (χ0v) is 15.5. The third-order valence-electron chi connectivity index (χ3n) is 6.02. The molecular formula is C21H38O3. The topological polar surface area (TPSA) is 49.7 Å². The van der Waals surface area contributed by atoms with Crippen molar-refractivity contribution in [1.82, 2.24) is 0 Å². The predicted molar refractivity (Wildman–Crippen MR) is 98.9 cm³/mol. The van der Waals surface area contributed by atoms with E-state index in [-0.39, 0.29) is 6.10 Å². The Bertz CT molecular complexity index is 355. The summed E-state index contributed by atoms with van der Waals surface area (Å²) in [4.78, 5) is 0. The number of ether oxygens (including phenoxy) is 1. The van der Waals surface area contributed by atoms with Crippen molar-refractivity contribution in [1.29, 1.82) is 0 Å². The molecule has 2 fully saturated rings. The van der Waals surface area contributed by atoms with Gasteiger partial charge in [-0.15, -0.1) is 0 Å². The van der Waals surface area contributed by atoms with E-state index < -0.39 is 0 Å². The number of aliphatic hydroxyl groups excluding tert-OH is 2. The number of unbranched alkanes of at least 4 members (excludes halogenated alkanes) is 4. The minimum atomic E-state index is -0.120. The van der Waals surface area contributed by atoms with E-state index >= 15 is 0 Å². The van der Waals surface area contributed by atoms with E-state index in [9.17, 15) is 5.11 Å². The Labute approximate surface area is 148 Å². The number of hydrogen-bond acceptors (Lipinski definition) is 3. The summed E-state index contributed by atoms with van der Waals surface area (Å²) in [5.74, 6) is 2.13. The molecule has 1 saturated carbocycles. The molecule has 0 aromatic carbocycles. The van der Waals surface area contributed by atoms with E-state index in [1.807, 2.05) is 0 Å². The molecule has 2 aliphatic rings. The van der Waals surface area contributed by atoms with Crippen molar-refractivity contribution in [3.05, 3.63) is 12.2 Å². The van der Waals surface area contributed by atoms with Crippen LogP contribution in [0.3, 0.4) is 0 Å². The Morgan fingerprint density at radius 2 is 1.96 bits per heavy atom. The molecule has 2 rings (SSSR count). The molecule has 5 atom stereocenters. The van der Waals surface area contributed by atoms with Gasteiger partial charge in [-0.2, -0.15) is 0 Å². The smallest absolute Gasteiger partial charge is 0.0609 e. The van der Waals surface area contributed by atoms with Gasteiger partial charge in [0, 0.05) is 6.61 Å². The lowest BCUT2D eigenvalue weighted by Gasteiger charge is -2.31. The van der Waals surface area contributed by atoms with Crippen LogP contribution in [0.25, 0.3) is 0 Å². The fourth-order valence-electron chi connectivity index (χ4n) is 4.58. The zero-order chi connectivity index (χ0) is 17.2. The number of allylic oxidation sites excluding steroid dienone is 2. The van der Waals surface area contributed by atoms with E-state index in [4.69, 9.17) is 9.84 Å². The van der Waals surface area contributed by atoms with Gasteiger partial charge in [0.2, 0.25) is 0 Å². The van der Waals surface area contributed by atoms with Crippen LogP contribution in [-0.2, 0) is 4.74 Å². The summed E-state index contributed by atoms with van der Waals surface area (Å²) in [6, 6.07) is 0. The first-order valence-corrected chi connectivity index (χ1v) is 10.3. The molecule has 1 aliphatic heterocycles. The maximum Gasteiger partial charge on any atom is 0.0609 e. The van der Waals surface area contributed by atoms with Crippen LogP contribution in [0.1, 0.15) is 77.6 Å². The summed E-state index contributed by atoms with van der Waals surface area (Å²) in [6.45, 7) is 3.46. The zero-order valence-electron chi connectivity index (χ0n) is 15.5. The fourth-order valence-corrected chi connectivity index (χ4v) is 4.58. The molecule has 3 heteroatoms. The van der Waals surface area contributed by atoms with Crippen LogP contribution >= 0.6 is 0 Å². The Hall–Kier alpha value is -0.380. The lowest BCUT2D eigenvalue weighted by molar-refractivity contribution is -0.00612. The van der Waals surface area contributed by atoms with Crippen LogP contribution in [0, 0.1) is 17.8 Å². The maximum atomic E-state index is 10.2. The van der Waals surface area contributed by atoms with E-state index in [1.54, 1.807) is 0 Å². The summed E-state index contributed by atoms with van der Waals surface area (Å²) >= 11 is 0. The summed E-state index contributed by atoms with van der Waals surface area (Å²) in [7, 11) is 0. The molecule has 0 amide bonds. The van der Waals surface area contributed by atoms with Crippen molar-refractivity contribution < 1.29 is 14.9 Å². The molecule has 24 heavy (non-hydrogen) atoms. The molecule has 0 spiro atoms. The first-order valence-electron chi connectivity index (χ1n) is 10.3. The Kier molecular flexibility index (Phi) is 9.37. The van der Waals surface area contributed by atoms with Gasteiger partial charge < -0.3 is 14.9 Å². The lowest BCUT2D eigenvalue weighted by Crippen LogP contribution is -2.29. The molecule has 2 N–H and O–H groups in total. The summed E-state index contributed by atoms with van der Waals surface area (Å²) in [6.07, 6.45) is 17.1. The largest absolute Gasteiger partial charge is 0.396 e. The highest BCUT2D eigenvalue weighted by atomic mass is 16.5. The molecule has 0 aromatic heterocycles. The molecule has 0 radical (unpaired) electrons. The highest BCUT2D eigenvalue weighted by Crippen LogP contribution is 2.48. The first kappa shape index (κ1) is 19.9. The van der Waals surface area contributed by atoms with E-state index in [1.165, 1.54) is 25.7 Å². The normalized spacial score (nSPS) is 30.5. The van der Waals surface area contributed by atoms with Gasteiger partial charge in [0.15, 0.2) is 0 Å². The SMILES string of the molecule is CCCCC[C@H](O)CCC1[C@@H](C/C=C\CCCCO)[C@H]2CO[C@@H]1C2. The molecular weight excluding hydrogens is 300 g/mol. The Balaban J connectivity index is 1.71. The second-order valence-electron chi connectivity index (χ2n) is 7.85. The van der Waals surface area contributed by atoms with Crippen molar-refractivity contribution in [3.8, 4) is 0 Å². The monoisotopic (exact) mass is 338 g/mol. The number of aliphatic hydroxyl groups is 2. The number of rotatable bonds is 13. The molecule has 1 aliphatic carbocycles. The van der Waals surface area contributed by atoms with Gasteiger partial charge in [0.1, 0.15) is 0 Å². The highest BCUT2D eigenvalue weighted by Gasteiger charge is 2.47. The molecule has 3 nitrogen and oxygen atoms in total. The summed E-state index contributed by atoms with van der Waals surface area (Å²) in [5, 5.41) is 19.0. The van der Waals surface area contributed by atoms with Crippen molar-refractivity contribution in [2.45, 2.75) is 89.8 Å². The molecule has 2 bridgehead atoms. The average Bonchev–Trinajstić information content (AvgIpc) is 3.18. The van der Waals surface area contributed by atoms with Gasteiger partial charge >= 0.3 is 0 Å². The van der Waals surface area contributed by atoms with Gasteiger partial charge in [0.05, 0.1) is 18.8 Å². The Morgan fingerprint density at radius 3 is 2.75 bits per heavy atom. The second kappa shape index (κ2) is 11.3. The fraction of sp³-hybridized carbons (Fsp3) is 0.905. The minimum Gasteiger partial charge on any atom is -0.396 e. The van der Waals surface area contributed by atoms with Crippen LogP contribution in [0.5, 0.6) is 0 Å². The molecule has 1 saturated heterocycles. The summed E-state index contributed by atoms with van der Waals surface area (Å²) < 4.78 is 5.95. The second-order valence-corrected chi connectivity index (χ2v) is 7.85. The van der Waals surface area contributed by atoms with Gasteiger partial charge in [0.25, 0.3) is 0 Å². The van der Waals surface area contributed by atoms with Crippen LogP contribution in [0.15, 0.2) is 12.2 Å². The molecule has 1 unspecified atom stereocenters. The van der Waals surface area contributed by atoms with Gasteiger partial charge in [-0.1, -0.05) is 38.3 Å². The van der Waals surface area contributed by atoms with Crippen LogP contribution in [-0.4, -0.2) is 35.6 Å². The van der Waals surface area contributed by atoms with Crippen LogP contribution < -0.4 is 0 Å². The average molecular weight is 339 g/mol. The van der Waals surface area contributed by atoms with Gasteiger partial charge in [-0.25, -0.2) is 0 Å². The number of fused-ring (bicyclic) bond motifs is 2. The lowest BCUT2D eigenvalue weighted by atomic mass is 9.81. The van der Waals surface area contributed by atoms with Crippen molar-refractivity contribution in [2.24, 2.45) is 17.8 Å². The van der Waals surface area contributed by atoms with Crippen molar-refractivity contribution >= 4 is 0 Å². The first-order chi connectivity index (χ1) is 11.8. The van der Waals surface area contributed by atoms with E-state index in [2.05, 4.69) is 19.1 Å². The number of hydrogen-bond donors (Lipinski definition) is 2. The standard InChI is InChI=1S/C21H38O3/c1-2-3-7-10-18(23)12-13-20-19(17-15-21(20)24-16-17)11-8-5-4-6-9-14-22/h5,8,17-23H,2-4,6-7,9-16H2,1H3/b8-5-/t17-,18+,19+,20?,21-/m1/s1. The van der Waals surface area contributed by atoms with Crippen molar-refractivity contribution in [3.63, 3.8) is 0 Å². The van der Waals surface area contributed by atoms with Gasteiger partial charge in [-0.3, -0.25) is 0 Å². The van der Waals surface area contributed by atoms with Crippen LogP contribution in [0.4, 0.5) is 0 Å². The molecule has 0 aromatic rings.